The molecule has 0 saturated carbocycles. The number of aromatic nitrogens is 2. The van der Waals surface area contributed by atoms with E-state index in [0.29, 0.717) is 11.3 Å². The number of aliphatic hydroxyl groups excluding tert-OH is 1. The van der Waals surface area contributed by atoms with E-state index in [1.54, 1.807) is 42.7 Å². The van der Waals surface area contributed by atoms with Crippen molar-refractivity contribution >= 4 is 22.6 Å². The minimum atomic E-state index is -0.197. The lowest BCUT2D eigenvalue weighted by molar-refractivity contribution is 0.102. The second-order valence-corrected chi connectivity index (χ2v) is 4.87. The van der Waals surface area contributed by atoms with Crippen LogP contribution in [0.25, 0.3) is 11.0 Å². The maximum Gasteiger partial charge on any atom is 0.255 e. The van der Waals surface area contributed by atoms with E-state index < -0.39 is 0 Å². The molecule has 0 unspecified atom stereocenters. The molecule has 2 N–H and O–H groups in total. The van der Waals surface area contributed by atoms with Crippen LogP contribution in [-0.2, 0) is 13.7 Å². The molecule has 1 amide bonds. The third-order valence-electron chi connectivity index (χ3n) is 3.36. The Balaban J connectivity index is 1.86. The molecule has 3 aromatic rings. The van der Waals surface area contributed by atoms with Gasteiger partial charge in [0.25, 0.3) is 5.91 Å². The van der Waals surface area contributed by atoms with Crippen molar-refractivity contribution in [2.75, 3.05) is 5.32 Å². The molecule has 0 bridgehead atoms. The fraction of sp³-hybridized carbons (Fsp3) is 0.125. The van der Waals surface area contributed by atoms with E-state index >= 15 is 0 Å². The van der Waals surface area contributed by atoms with Crippen LogP contribution < -0.4 is 5.32 Å². The molecule has 5 nitrogen and oxygen atoms in total. The van der Waals surface area contributed by atoms with Gasteiger partial charge in [0.2, 0.25) is 0 Å². The molecule has 0 radical (unpaired) electrons. The third kappa shape index (κ3) is 2.64. The first-order valence-electron chi connectivity index (χ1n) is 6.59. The van der Waals surface area contributed by atoms with Gasteiger partial charge in [-0.3, -0.25) is 4.79 Å². The van der Waals surface area contributed by atoms with Crippen LogP contribution in [-0.4, -0.2) is 20.6 Å². The number of carbonyl (C=O) groups excluding carboxylic acids is 1. The number of nitrogens with one attached hydrogen (secondary N) is 1. The highest BCUT2D eigenvalue weighted by Crippen LogP contribution is 2.16. The lowest BCUT2D eigenvalue weighted by atomic mass is 10.1. The summed E-state index contributed by atoms with van der Waals surface area (Å²) in [6.45, 7) is -0.0520. The van der Waals surface area contributed by atoms with Crippen molar-refractivity contribution in [3.63, 3.8) is 0 Å². The Labute approximate surface area is 121 Å². The van der Waals surface area contributed by atoms with Crippen LogP contribution in [0.15, 0.2) is 48.8 Å². The van der Waals surface area contributed by atoms with Gasteiger partial charge in [-0.2, -0.15) is 0 Å². The zero-order valence-corrected chi connectivity index (χ0v) is 11.6. The normalized spacial score (nSPS) is 10.8. The average Bonchev–Trinajstić information content (AvgIpc) is 2.88. The molecule has 1 heterocycles. The average molecular weight is 281 g/mol. The van der Waals surface area contributed by atoms with Gasteiger partial charge in [0.15, 0.2) is 0 Å². The zero-order valence-electron chi connectivity index (χ0n) is 11.6. The van der Waals surface area contributed by atoms with E-state index in [1.807, 2.05) is 17.7 Å². The molecule has 0 fully saturated rings. The summed E-state index contributed by atoms with van der Waals surface area (Å²) in [5.41, 5.74) is 3.74. The molecule has 0 spiro atoms. The summed E-state index contributed by atoms with van der Waals surface area (Å²) in [6, 6.07) is 12.5. The van der Waals surface area contributed by atoms with Gasteiger partial charge in [0, 0.05) is 18.3 Å². The predicted octanol–water partition coefficient (Wildman–Crippen LogP) is 2.32. The van der Waals surface area contributed by atoms with E-state index in [1.165, 1.54) is 0 Å². The molecule has 0 aliphatic carbocycles. The van der Waals surface area contributed by atoms with Gasteiger partial charge in [-0.1, -0.05) is 12.1 Å². The predicted molar refractivity (Wildman–Crippen MR) is 81.0 cm³/mol. The SMILES string of the molecule is Cn1cnc2cc(C(=O)Nc3cccc(CO)c3)ccc21. The van der Waals surface area contributed by atoms with Crippen molar-refractivity contribution in [2.24, 2.45) is 7.05 Å². The van der Waals surface area contributed by atoms with Gasteiger partial charge in [-0.15, -0.1) is 0 Å². The second-order valence-electron chi connectivity index (χ2n) is 4.87. The second kappa shape index (κ2) is 5.38. The van der Waals surface area contributed by atoms with Crippen LogP contribution in [0, 0.1) is 0 Å². The molecule has 5 heteroatoms. The number of nitrogens with zero attached hydrogens (tertiary/aromatic N) is 2. The van der Waals surface area contributed by atoms with Gasteiger partial charge in [-0.05, 0) is 35.9 Å². The Morgan fingerprint density at radius 1 is 1.29 bits per heavy atom. The fourth-order valence-electron chi connectivity index (χ4n) is 2.23. The Morgan fingerprint density at radius 3 is 2.95 bits per heavy atom. The lowest BCUT2D eigenvalue weighted by Gasteiger charge is -2.07. The van der Waals surface area contributed by atoms with Gasteiger partial charge < -0.3 is 15.0 Å². The summed E-state index contributed by atoms with van der Waals surface area (Å²) in [5.74, 6) is -0.197. The largest absolute Gasteiger partial charge is 0.392 e. The highest BCUT2D eigenvalue weighted by Gasteiger charge is 2.09. The fourth-order valence-corrected chi connectivity index (χ4v) is 2.23. The summed E-state index contributed by atoms with van der Waals surface area (Å²) >= 11 is 0. The first-order valence-corrected chi connectivity index (χ1v) is 6.59. The number of aryl methyl sites for hydroxylation is 1. The standard InChI is InChI=1S/C16H15N3O2/c1-19-10-17-14-8-12(5-6-15(14)19)16(21)18-13-4-2-3-11(7-13)9-20/h2-8,10,20H,9H2,1H3,(H,18,21). The van der Waals surface area contributed by atoms with E-state index in [-0.39, 0.29) is 12.5 Å². The van der Waals surface area contributed by atoms with Crippen molar-refractivity contribution in [3.8, 4) is 0 Å². The number of benzene rings is 2. The first kappa shape index (κ1) is 13.3. The van der Waals surface area contributed by atoms with Crippen molar-refractivity contribution in [1.29, 1.82) is 0 Å². The molecule has 21 heavy (non-hydrogen) atoms. The number of imidazole rings is 1. The van der Waals surface area contributed by atoms with Crippen LogP contribution in [0.2, 0.25) is 0 Å². The van der Waals surface area contributed by atoms with Crippen LogP contribution >= 0.6 is 0 Å². The highest BCUT2D eigenvalue weighted by atomic mass is 16.3. The van der Waals surface area contributed by atoms with Gasteiger partial charge in [0.05, 0.1) is 24.0 Å². The molecule has 0 saturated heterocycles. The van der Waals surface area contributed by atoms with Crippen LogP contribution in [0.1, 0.15) is 15.9 Å². The molecular formula is C16H15N3O2. The van der Waals surface area contributed by atoms with Crippen LogP contribution in [0.3, 0.4) is 0 Å². The maximum atomic E-state index is 12.3. The maximum absolute atomic E-state index is 12.3. The lowest BCUT2D eigenvalue weighted by Crippen LogP contribution is -2.12. The number of hydrogen-bond acceptors (Lipinski definition) is 3. The Morgan fingerprint density at radius 2 is 2.14 bits per heavy atom. The Hall–Kier alpha value is -2.66. The summed E-state index contributed by atoms with van der Waals surface area (Å²) in [7, 11) is 1.91. The van der Waals surface area contributed by atoms with Crippen molar-refractivity contribution in [3.05, 3.63) is 59.9 Å². The van der Waals surface area contributed by atoms with Crippen molar-refractivity contribution in [1.82, 2.24) is 9.55 Å². The van der Waals surface area contributed by atoms with E-state index in [4.69, 9.17) is 5.11 Å². The highest BCUT2D eigenvalue weighted by molar-refractivity contribution is 6.05. The zero-order chi connectivity index (χ0) is 14.8. The number of carbonyl (C=O) groups is 1. The smallest absolute Gasteiger partial charge is 0.255 e. The van der Waals surface area contributed by atoms with Crippen molar-refractivity contribution in [2.45, 2.75) is 6.61 Å². The number of amides is 1. The van der Waals surface area contributed by atoms with Gasteiger partial charge in [0.1, 0.15) is 0 Å². The van der Waals surface area contributed by atoms with E-state index in [9.17, 15) is 4.79 Å². The molecule has 3 rings (SSSR count). The Kier molecular flexibility index (Phi) is 3.41. The van der Waals surface area contributed by atoms with Crippen LogP contribution in [0.4, 0.5) is 5.69 Å². The molecule has 0 atom stereocenters. The topological polar surface area (TPSA) is 67.2 Å². The number of rotatable bonds is 3. The van der Waals surface area contributed by atoms with E-state index in [2.05, 4.69) is 10.3 Å². The van der Waals surface area contributed by atoms with Gasteiger partial charge >= 0.3 is 0 Å². The molecular weight excluding hydrogens is 266 g/mol. The van der Waals surface area contributed by atoms with E-state index in [0.717, 1.165) is 16.6 Å². The minimum Gasteiger partial charge on any atom is -0.392 e. The summed E-state index contributed by atoms with van der Waals surface area (Å²) in [5, 5.41) is 11.9. The minimum absolute atomic E-state index is 0.0520. The van der Waals surface area contributed by atoms with Crippen molar-refractivity contribution < 1.29 is 9.90 Å². The third-order valence-corrected chi connectivity index (χ3v) is 3.36. The molecule has 2 aromatic carbocycles. The summed E-state index contributed by atoms with van der Waals surface area (Å²) in [4.78, 5) is 16.5. The number of aliphatic hydroxyl groups is 1. The van der Waals surface area contributed by atoms with Gasteiger partial charge in [-0.25, -0.2) is 4.98 Å². The monoisotopic (exact) mass is 281 g/mol. The first-order chi connectivity index (χ1) is 10.2. The summed E-state index contributed by atoms with van der Waals surface area (Å²) < 4.78 is 1.90. The van der Waals surface area contributed by atoms with Crippen LogP contribution in [0.5, 0.6) is 0 Å². The number of fused-ring (bicyclic) bond motifs is 1. The Bertz CT molecular complexity index is 808. The summed E-state index contributed by atoms with van der Waals surface area (Å²) in [6.07, 6.45) is 1.72. The molecule has 1 aromatic heterocycles. The number of anilines is 1. The quantitative estimate of drug-likeness (QED) is 0.774. The molecule has 0 aliphatic heterocycles. The molecule has 106 valence electrons. The number of hydrogen-bond donors (Lipinski definition) is 2. The molecule has 0 aliphatic rings.